The van der Waals surface area contributed by atoms with E-state index in [0.29, 0.717) is 0 Å². The summed E-state index contributed by atoms with van der Waals surface area (Å²) in [4.78, 5) is 13.7. The number of piperazine rings is 1. The number of fused-ring (bicyclic) bond motifs is 1. The van der Waals surface area contributed by atoms with Crippen molar-refractivity contribution in [3.05, 3.63) is 78.1 Å². The second-order valence-electron chi connectivity index (χ2n) is 7.33. The molecule has 5 rings (SSSR count). The number of rotatable bonds is 4. The molecule has 0 unspecified atom stereocenters. The van der Waals surface area contributed by atoms with Crippen LogP contribution in [0.15, 0.2) is 67.0 Å². The summed E-state index contributed by atoms with van der Waals surface area (Å²) in [6.07, 6.45) is 1.60. The van der Waals surface area contributed by atoms with Crippen LogP contribution in [0.25, 0.3) is 11.2 Å². The number of aryl methyl sites for hydroxylation is 1. The van der Waals surface area contributed by atoms with Crippen molar-refractivity contribution in [2.24, 2.45) is 7.05 Å². The molecule has 4 aromatic rings. The topological polar surface area (TPSA) is 63.0 Å². The van der Waals surface area contributed by atoms with Crippen LogP contribution in [0.4, 0.5) is 5.82 Å². The third-order valence-corrected chi connectivity index (χ3v) is 5.58. The Morgan fingerprint density at radius 1 is 0.793 bits per heavy atom. The van der Waals surface area contributed by atoms with Crippen LogP contribution in [0, 0.1) is 0 Å². The summed E-state index contributed by atoms with van der Waals surface area (Å²) in [5.74, 6) is 0.874. The molecule has 1 aliphatic rings. The van der Waals surface area contributed by atoms with Crippen LogP contribution in [0.3, 0.4) is 0 Å². The summed E-state index contributed by atoms with van der Waals surface area (Å²) in [7, 11) is 1.86. The Labute approximate surface area is 169 Å². The first kappa shape index (κ1) is 17.8. The van der Waals surface area contributed by atoms with Crippen LogP contribution < -0.4 is 4.90 Å². The van der Waals surface area contributed by atoms with E-state index in [1.807, 2.05) is 7.05 Å². The summed E-state index contributed by atoms with van der Waals surface area (Å²) >= 11 is 0. The highest BCUT2D eigenvalue weighted by Gasteiger charge is 2.28. The number of aromatic nitrogens is 5. The average Bonchev–Trinajstić information content (AvgIpc) is 3.17. The summed E-state index contributed by atoms with van der Waals surface area (Å²) in [6, 6.07) is 21.8. The fourth-order valence-corrected chi connectivity index (χ4v) is 4.15. The maximum absolute atomic E-state index is 4.51. The largest absolute Gasteiger partial charge is 0.352 e. The summed E-state index contributed by atoms with van der Waals surface area (Å²) in [5, 5.41) is 8.38. The zero-order chi connectivity index (χ0) is 19.6. The van der Waals surface area contributed by atoms with Gasteiger partial charge in [-0.1, -0.05) is 65.9 Å². The molecule has 7 heteroatoms. The molecule has 1 saturated heterocycles. The molecule has 2 aromatic heterocycles. The summed E-state index contributed by atoms with van der Waals surface area (Å²) in [6.45, 7) is 3.66. The molecule has 0 bridgehead atoms. The van der Waals surface area contributed by atoms with Gasteiger partial charge in [0.15, 0.2) is 17.0 Å². The molecular formula is C22H23N7. The Kier molecular flexibility index (Phi) is 4.65. The smallest absolute Gasteiger partial charge is 0.183 e. The minimum absolute atomic E-state index is 0.251. The first-order valence-corrected chi connectivity index (χ1v) is 9.90. The molecule has 1 aliphatic heterocycles. The van der Waals surface area contributed by atoms with Crippen molar-refractivity contribution in [1.82, 2.24) is 29.9 Å². The maximum atomic E-state index is 4.51. The second kappa shape index (κ2) is 7.60. The minimum atomic E-state index is 0.251. The van der Waals surface area contributed by atoms with E-state index in [1.54, 1.807) is 11.0 Å². The molecule has 0 saturated carbocycles. The van der Waals surface area contributed by atoms with E-state index < -0.39 is 0 Å². The highest BCUT2D eigenvalue weighted by molar-refractivity contribution is 5.82. The van der Waals surface area contributed by atoms with Crippen LogP contribution in [-0.2, 0) is 7.05 Å². The van der Waals surface area contributed by atoms with Crippen LogP contribution in [0.2, 0.25) is 0 Å². The van der Waals surface area contributed by atoms with Gasteiger partial charge in [-0.15, -0.1) is 5.10 Å². The zero-order valence-corrected chi connectivity index (χ0v) is 16.4. The van der Waals surface area contributed by atoms with E-state index >= 15 is 0 Å². The van der Waals surface area contributed by atoms with Gasteiger partial charge < -0.3 is 4.90 Å². The van der Waals surface area contributed by atoms with Crippen molar-refractivity contribution in [2.45, 2.75) is 6.04 Å². The van der Waals surface area contributed by atoms with Crippen molar-refractivity contribution < 1.29 is 0 Å². The van der Waals surface area contributed by atoms with Gasteiger partial charge in [-0.3, -0.25) is 4.90 Å². The number of nitrogens with zero attached hydrogens (tertiary/aromatic N) is 7. The first-order chi connectivity index (χ1) is 14.3. The summed E-state index contributed by atoms with van der Waals surface area (Å²) in [5.41, 5.74) is 4.19. The van der Waals surface area contributed by atoms with Crippen LogP contribution in [-0.4, -0.2) is 56.0 Å². The molecule has 7 nitrogen and oxygen atoms in total. The standard InChI is InChI=1S/C22H23N7/c1-27-21-19(25-26-27)22(24-16-23-21)29-14-12-28(13-15-29)20(17-8-4-2-5-9-17)18-10-6-3-7-11-18/h2-11,16,20H,12-15H2,1H3. The van der Waals surface area contributed by atoms with E-state index in [1.165, 1.54) is 11.1 Å². The lowest BCUT2D eigenvalue weighted by Gasteiger charge is -2.40. The van der Waals surface area contributed by atoms with E-state index in [9.17, 15) is 0 Å². The minimum Gasteiger partial charge on any atom is -0.352 e. The van der Waals surface area contributed by atoms with Crippen LogP contribution in [0.1, 0.15) is 17.2 Å². The van der Waals surface area contributed by atoms with Gasteiger partial charge in [0.05, 0.1) is 6.04 Å². The third kappa shape index (κ3) is 3.34. The molecule has 1 fully saturated rings. The van der Waals surface area contributed by atoms with Crippen molar-refractivity contribution in [1.29, 1.82) is 0 Å². The van der Waals surface area contributed by atoms with E-state index in [4.69, 9.17) is 0 Å². The Hall–Kier alpha value is -3.32. The number of anilines is 1. The molecule has 29 heavy (non-hydrogen) atoms. The van der Waals surface area contributed by atoms with Gasteiger partial charge in [-0.2, -0.15) is 0 Å². The number of hydrogen-bond acceptors (Lipinski definition) is 6. The van der Waals surface area contributed by atoms with Crippen molar-refractivity contribution in [3.8, 4) is 0 Å². The Morgan fingerprint density at radius 2 is 1.41 bits per heavy atom. The SMILES string of the molecule is Cn1nnc2c(N3CCN(C(c4ccccc4)c4ccccc4)CC3)ncnc21. The average molecular weight is 385 g/mol. The predicted molar refractivity (Wildman–Crippen MR) is 113 cm³/mol. The Balaban J connectivity index is 1.41. The third-order valence-electron chi connectivity index (χ3n) is 5.58. The predicted octanol–water partition coefficient (Wildman–Crippen LogP) is 2.67. The molecule has 146 valence electrons. The van der Waals surface area contributed by atoms with E-state index in [2.05, 4.69) is 90.7 Å². The normalized spacial score (nSPS) is 15.3. The quantitative estimate of drug-likeness (QED) is 0.538. The number of benzene rings is 2. The van der Waals surface area contributed by atoms with Gasteiger partial charge >= 0.3 is 0 Å². The Bertz CT molecular complexity index is 1050. The van der Waals surface area contributed by atoms with Gasteiger partial charge in [0, 0.05) is 33.2 Å². The zero-order valence-electron chi connectivity index (χ0n) is 16.4. The van der Waals surface area contributed by atoms with Crippen molar-refractivity contribution >= 4 is 17.0 Å². The van der Waals surface area contributed by atoms with E-state index in [-0.39, 0.29) is 6.04 Å². The molecular weight excluding hydrogens is 362 g/mol. The lowest BCUT2D eigenvalue weighted by atomic mass is 9.96. The lowest BCUT2D eigenvalue weighted by Crippen LogP contribution is -2.48. The van der Waals surface area contributed by atoms with Crippen LogP contribution in [0.5, 0.6) is 0 Å². The van der Waals surface area contributed by atoms with Gasteiger partial charge in [-0.05, 0) is 11.1 Å². The molecule has 0 radical (unpaired) electrons. The molecule has 2 aromatic carbocycles. The van der Waals surface area contributed by atoms with Gasteiger partial charge in [0.25, 0.3) is 0 Å². The van der Waals surface area contributed by atoms with Crippen LogP contribution >= 0.6 is 0 Å². The van der Waals surface area contributed by atoms with Gasteiger partial charge in [-0.25, -0.2) is 14.6 Å². The summed E-state index contributed by atoms with van der Waals surface area (Å²) < 4.78 is 1.69. The lowest BCUT2D eigenvalue weighted by molar-refractivity contribution is 0.212. The van der Waals surface area contributed by atoms with Gasteiger partial charge in [0.1, 0.15) is 6.33 Å². The molecule has 0 N–H and O–H groups in total. The molecule has 3 heterocycles. The van der Waals surface area contributed by atoms with Crippen molar-refractivity contribution in [2.75, 3.05) is 31.1 Å². The Morgan fingerprint density at radius 3 is 2.03 bits per heavy atom. The van der Waals surface area contributed by atoms with Gasteiger partial charge in [0.2, 0.25) is 0 Å². The van der Waals surface area contributed by atoms with Crippen molar-refractivity contribution in [3.63, 3.8) is 0 Å². The highest BCUT2D eigenvalue weighted by atomic mass is 15.4. The molecule has 0 aliphatic carbocycles. The maximum Gasteiger partial charge on any atom is 0.183 e. The highest BCUT2D eigenvalue weighted by Crippen LogP contribution is 2.30. The first-order valence-electron chi connectivity index (χ1n) is 9.90. The monoisotopic (exact) mass is 385 g/mol. The second-order valence-corrected chi connectivity index (χ2v) is 7.33. The fourth-order valence-electron chi connectivity index (χ4n) is 4.15. The number of hydrogen-bond donors (Lipinski definition) is 0. The molecule has 0 atom stereocenters. The van der Waals surface area contributed by atoms with E-state index in [0.717, 1.165) is 43.2 Å². The molecule has 0 spiro atoms. The molecule has 0 amide bonds. The fraction of sp³-hybridized carbons (Fsp3) is 0.273.